The maximum atomic E-state index is 5.68. The third-order valence-corrected chi connectivity index (χ3v) is 2.99. The van der Waals surface area contributed by atoms with Crippen LogP contribution in [-0.4, -0.2) is 15.7 Å². The SMILES string of the molecule is Cc1ccc(-c2nnc(CNC(C)(C)C)o2)cc1C. The van der Waals surface area contributed by atoms with Crippen LogP contribution < -0.4 is 5.32 Å². The summed E-state index contributed by atoms with van der Waals surface area (Å²) >= 11 is 0. The van der Waals surface area contributed by atoms with Crippen molar-refractivity contribution >= 4 is 0 Å². The fourth-order valence-electron chi connectivity index (χ4n) is 1.66. The van der Waals surface area contributed by atoms with Gasteiger partial charge in [0.05, 0.1) is 6.54 Å². The van der Waals surface area contributed by atoms with E-state index in [1.54, 1.807) is 0 Å². The van der Waals surface area contributed by atoms with Crippen molar-refractivity contribution in [3.05, 3.63) is 35.2 Å². The molecule has 0 aliphatic carbocycles. The van der Waals surface area contributed by atoms with Crippen LogP contribution >= 0.6 is 0 Å². The van der Waals surface area contributed by atoms with Gasteiger partial charge in [-0.25, -0.2) is 0 Å². The lowest BCUT2D eigenvalue weighted by Crippen LogP contribution is -2.35. The Morgan fingerprint density at radius 2 is 1.84 bits per heavy atom. The quantitative estimate of drug-likeness (QED) is 0.919. The summed E-state index contributed by atoms with van der Waals surface area (Å²) in [5, 5.41) is 11.5. The van der Waals surface area contributed by atoms with E-state index >= 15 is 0 Å². The largest absolute Gasteiger partial charge is 0.419 e. The highest BCUT2D eigenvalue weighted by molar-refractivity contribution is 5.55. The van der Waals surface area contributed by atoms with E-state index in [1.165, 1.54) is 11.1 Å². The van der Waals surface area contributed by atoms with Crippen LogP contribution in [0, 0.1) is 13.8 Å². The summed E-state index contributed by atoms with van der Waals surface area (Å²) in [4.78, 5) is 0. The topological polar surface area (TPSA) is 51.0 Å². The molecule has 4 heteroatoms. The Morgan fingerprint density at radius 3 is 2.47 bits per heavy atom. The molecule has 4 nitrogen and oxygen atoms in total. The van der Waals surface area contributed by atoms with E-state index in [-0.39, 0.29) is 5.54 Å². The average molecular weight is 259 g/mol. The molecule has 1 N–H and O–H groups in total. The Labute approximate surface area is 114 Å². The Hall–Kier alpha value is -1.68. The first-order valence-corrected chi connectivity index (χ1v) is 6.50. The van der Waals surface area contributed by atoms with Gasteiger partial charge in [0.25, 0.3) is 0 Å². The maximum Gasteiger partial charge on any atom is 0.247 e. The van der Waals surface area contributed by atoms with Crippen LogP contribution in [0.25, 0.3) is 11.5 Å². The van der Waals surface area contributed by atoms with E-state index in [4.69, 9.17) is 4.42 Å². The molecule has 0 amide bonds. The van der Waals surface area contributed by atoms with E-state index < -0.39 is 0 Å². The van der Waals surface area contributed by atoms with Crippen LogP contribution in [0.1, 0.15) is 37.8 Å². The van der Waals surface area contributed by atoms with Gasteiger partial charge < -0.3 is 9.73 Å². The molecule has 2 rings (SSSR count). The standard InChI is InChI=1S/C15H21N3O/c1-10-6-7-12(8-11(10)2)14-18-17-13(19-14)9-16-15(3,4)5/h6-8,16H,9H2,1-5H3. The maximum absolute atomic E-state index is 5.68. The van der Waals surface area contributed by atoms with Crippen LogP contribution in [-0.2, 0) is 6.54 Å². The lowest BCUT2D eigenvalue weighted by atomic mass is 10.1. The van der Waals surface area contributed by atoms with Crippen LogP contribution in [0.2, 0.25) is 0 Å². The van der Waals surface area contributed by atoms with Crippen LogP contribution in [0.5, 0.6) is 0 Å². The fraction of sp³-hybridized carbons (Fsp3) is 0.467. The summed E-state index contributed by atoms with van der Waals surface area (Å²) < 4.78 is 5.68. The summed E-state index contributed by atoms with van der Waals surface area (Å²) in [6.45, 7) is 11.1. The molecule has 1 aromatic heterocycles. The minimum Gasteiger partial charge on any atom is -0.419 e. The van der Waals surface area contributed by atoms with Gasteiger partial charge in [-0.3, -0.25) is 0 Å². The van der Waals surface area contributed by atoms with Gasteiger partial charge in [-0.2, -0.15) is 0 Å². The smallest absolute Gasteiger partial charge is 0.247 e. The second kappa shape index (κ2) is 5.13. The summed E-state index contributed by atoms with van der Waals surface area (Å²) in [7, 11) is 0. The molecule has 2 aromatic rings. The van der Waals surface area contributed by atoms with Crippen LogP contribution in [0.4, 0.5) is 0 Å². The number of hydrogen-bond acceptors (Lipinski definition) is 4. The molecule has 0 bridgehead atoms. The Morgan fingerprint density at radius 1 is 1.11 bits per heavy atom. The van der Waals surface area contributed by atoms with Crippen LogP contribution in [0.15, 0.2) is 22.6 Å². The predicted octanol–water partition coefficient (Wildman–Crippen LogP) is 3.24. The zero-order valence-corrected chi connectivity index (χ0v) is 12.2. The van der Waals surface area contributed by atoms with Crippen molar-refractivity contribution in [2.45, 2.75) is 46.7 Å². The van der Waals surface area contributed by atoms with Crippen molar-refractivity contribution in [2.24, 2.45) is 0 Å². The second-order valence-electron chi connectivity index (χ2n) is 5.90. The molecule has 1 heterocycles. The molecule has 0 fully saturated rings. The lowest BCUT2D eigenvalue weighted by molar-refractivity contribution is 0.383. The Bertz CT molecular complexity index is 567. The molecular formula is C15H21N3O. The Balaban J connectivity index is 2.14. The van der Waals surface area contributed by atoms with Crippen molar-refractivity contribution in [1.29, 1.82) is 0 Å². The number of nitrogens with one attached hydrogen (secondary N) is 1. The van der Waals surface area contributed by atoms with E-state index in [9.17, 15) is 0 Å². The summed E-state index contributed by atoms with van der Waals surface area (Å²) in [5.41, 5.74) is 3.50. The van der Waals surface area contributed by atoms with E-state index in [1.807, 2.05) is 6.07 Å². The number of benzene rings is 1. The molecule has 0 spiro atoms. The predicted molar refractivity (Wildman–Crippen MR) is 75.8 cm³/mol. The Kier molecular flexibility index (Phi) is 3.71. The highest BCUT2D eigenvalue weighted by atomic mass is 16.4. The van der Waals surface area contributed by atoms with Gasteiger partial charge in [0, 0.05) is 11.1 Å². The average Bonchev–Trinajstić information content (AvgIpc) is 2.78. The third kappa shape index (κ3) is 3.64. The minimum absolute atomic E-state index is 0.0368. The number of hydrogen-bond donors (Lipinski definition) is 1. The minimum atomic E-state index is 0.0368. The van der Waals surface area contributed by atoms with Gasteiger partial charge in [0.15, 0.2) is 0 Å². The van der Waals surface area contributed by atoms with Crippen molar-refractivity contribution in [3.8, 4) is 11.5 Å². The molecule has 1 aromatic carbocycles. The third-order valence-electron chi connectivity index (χ3n) is 2.99. The van der Waals surface area contributed by atoms with Gasteiger partial charge >= 0.3 is 0 Å². The molecule has 0 saturated heterocycles. The molecule has 0 radical (unpaired) electrons. The van der Waals surface area contributed by atoms with Gasteiger partial charge in [-0.1, -0.05) is 6.07 Å². The summed E-state index contributed by atoms with van der Waals surface area (Å²) in [6, 6.07) is 6.16. The fourth-order valence-corrected chi connectivity index (χ4v) is 1.66. The first-order valence-electron chi connectivity index (χ1n) is 6.50. The van der Waals surface area contributed by atoms with Gasteiger partial charge in [-0.15, -0.1) is 10.2 Å². The molecule has 0 atom stereocenters. The van der Waals surface area contributed by atoms with E-state index in [2.05, 4.69) is 62.3 Å². The molecule has 19 heavy (non-hydrogen) atoms. The molecule has 0 aliphatic heterocycles. The first kappa shape index (κ1) is 13.7. The molecule has 0 saturated carbocycles. The zero-order valence-electron chi connectivity index (χ0n) is 12.2. The highest BCUT2D eigenvalue weighted by Gasteiger charge is 2.13. The summed E-state index contributed by atoms with van der Waals surface area (Å²) in [6.07, 6.45) is 0. The molecule has 0 aliphatic rings. The van der Waals surface area contributed by atoms with E-state index in [0.29, 0.717) is 18.3 Å². The van der Waals surface area contributed by atoms with Gasteiger partial charge in [0.1, 0.15) is 0 Å². The van der Waals surface area contributed by atoms with Crippen molar-refractivity contribution in [3.63, 3.8) is 0 Å². The molecular weight excluding hydrogens is 238 g/mol. The monoisotopic (exact) mass is 259 g/mol. The summed E-state index contributed by atoms with van der Waals surface area (Å²) in [5.74, 6) is 1.19. The number of aryl methyl sites for hydroxylation is 2. The zero-order chi connectivity index (χ0) is 14.0. The van der Waals surface area contributed by atoms with Gasteiger partial charge in [-0.05, 0) is 57.9 Å². The van der Waals surface area contributed by atoms with Crippen molar-refractivity contribution < 1.29 is 4.42 Å². The van der Waals surface area contributed by atoms with Crippen LogP contribution in [0.3, 0.4) is 0 Å². The second-order valence-corrected chi connectivity index (χ2v) is 5.90. The lowest BCUT2D eigenvalue weighted by Gasteiger charge is -2.18. The number of rotatable bonds is 3. The number of nitrogens with zero attached hydrogens (tertiary/aromatic N) is 2. The van der Waals surface area contributed by atoms with Crippen molar-refractivity contribution in [2.75, 3.05) is 0 Å². The first-order chi connectivity index (χ1) is 8.85. The molecule has 102 valence electrons. The molecule has 0 unspecified atom stereocenters. The highest BCUT2D eigenvalue weighted by Crippen LogP contribution is 2.21. The normalized spacial score (nSPS) is 11.8. The van der Waals surface area contributed by atoms with E-state index in [0.717, 1.165) is 5.56 Å². The van der Waals surface area contributed by atoms with Crippen molar-refractivity contribution in [1.82, 2.24) is 15.5 Å². The number of aromatic nitrogens is 2. The van der Waals surface area contributed by atoms with Gasteiger partial charge in [0.2, 0.25) is 11.8 Å².